The molecule has 0 aliphatic rings. The van der Waals surface area contributed by atoms with Gasteiger partial charge in [0.1, 0.15) is 5.75 Å². The molecule has 0 aliphatic carbocycles. The number of pyridine rings is 1. The Balaban J connectivity index is 1.65. The molecule has 0 saturated carbocycles. The number of aryl methyl sites for hydroxylation is 2. The number of carbonyl (C=O) groups is 1. The summed E-state index contributed by atoms with van der Waals surface area (Å²) in [5.74, 6) is 0.627. The summed E-state index contributed by atoms with van der Waals surface area (Å²) in [5, 5.41) is 6.24. The van der Waals surface area contributed by atoms with Crippen LogP contribution in [0.4, 0.5) is 11.4 Å². The van der Waals surface area contributed by atoms with Crippen molar-refractivity contribution in [2.75, 3.05) is 12.4 Å². The van der Waals surface area contributed by atoms with E-state index in [-0.39, 0.29) is 5.91 Å². The molecule has 5 nitrogen and oxygen atoms in total. The van der Waals surface area contributed by atoms with Crippen LogP contribution in [-0.2, 0) is 6.54 Å². The van der Waals surface area contributed by atoms with Crippen LogP contribution in [0.5, 0.6) is 5.75 Å². The van der Waals surface area contributed by atoms with Crippen molar-refractivity contribution in [2.24, 2.45) is 0 Å². The second kappa shape index (κ2) is 8.36. The van der Waals surface area contributed by atoms with Gasteiger partial charge in [-0.15, -0.1) is 0 Å². The van der Waals surface area contributed by atoms with E-state index in [0.717, 1.165) is 28.3 Å². The molecule has 138 valence electrons. The van der Waals surface area contributed by atoms with E-state index < -0.39 is 0 Å². The molecular formula is C22H23N3O2. The Morgan fingerprint density at radius 2 is 1.81 bits per heavy atom. The third-order valence-corrected chi connectivity index (χ3v) is 4.27. The van der Waals surface area contributed by atoms with E-state index in [4.69, 9.17) is 4.74 Å². The minimum absolute atomic E-state index is 0.164. The molecule has 0 saturated heterocycles. The Labute approximate surface area is 159 Å². The molecule has 1 amide bonds. The average molecular weight is 361 g/mol. The fourth-order valence-electron chi connectivity index (χ4n) is 2.77. The van der Waals surface area contributed by atoms with Crippen LogP contribution in [-0.4, -0.2) is 18.0 Å². The fraction of sp³-hybridized carbons (Fsp3) is 0.182. The molecule has 1 heterocycles. The van der Waals surface area contributed by atoms with Crippen LogP contribution in [0.2, 0.25) is 0 Å². The summed E-state index contributed by atoms with van der Waals surface area (Å²) in [6, 6.07) is 15.6. The summed E-state index contributed by atoms with van der Waals surface area (Å²) < 4.78 is 5.14. The van der Waals surface area contributed by atoms with Crippen molar-refractivity contribution >= 4 is 17.3 Å². The molecule has 0 radical (unpaired) electrons. The lowest BCUT2D eigenvalue weighted by molar-refractivity contribution is 0.0950. The van der Waals surface area contributed by atoms with Gasteiger partial charge in [0.05, 0.1) is 24.6 Å². The van der Waals surface area contributed by atoms with E-state index in [9.17, 15) is 4.79 Å². The van der Waals surface area contributed by atoms with Crippen LogP contribution in [0.3, 0.4) is 0 Å². The highest BCUT2D eigenvalue weighted by Crippen LogP contribution is 2.21. The topological polar surface area (TPSA) is 63.2 Å². The van der Waals surface area contributed by atoms with Gasteiger partial charge in [0.2, 0.25) is 0 Å². The summed E-state index contributed by atoms with van der Waals surface area (Å²) in [6.45, 7) is 4.55. The maximum absolute atomic E-state index is 12.5. The first-order chi connectivity index (χ1) is 13.0. The molecule has 1 aromatic heterocycles. The predicted molar refractivity (Wildman–Crippen MR) is 108 cm³/mol. The molecular weight excluding hydrogens is 338 g/mol. The average Bonchev–Trinajstić information content (AvgIpc) is 2.69. The lowest BCUT2D eigenvalue weighted by atomic mass is 10.1. The highest BCUT2D eigenvalue weighted by Gasteiger charge is 2.08. The van der Waals surface area contributed by atoms with Crippen molar-refractivity contribution < 1.29 is 9.53 Å². The molecule has 0 bridgehead atoms. The van der Waals surface area contributed by atoms with Crippen molar-refractivity contribution in [3.63, 3.8) is 0 Å². The highest BCUT2D eigenvalue weighted by molar-refractivity contribution is 5.94. The second-order valence-corrected chi connectivity index (χ2v) is 6.44. The van der Waals surface area contributed by atoms with Crippen LogP contribution in [0.15, 0.2) is 60.9 Å². The lowest BCUT2D eigenvalue weighted by Crippen LogP contribution is -2.23. The largest absolute Gasteiger partial charge is 0.497 e. The SMILES string of the molecule is COc1ccc(CNC(=O)c2cncc(Nc3ccc(C)cc3C)c2)cc1. The molecule has 2 N–H and O–H groups in total. The number of methoxy groups -OCH3 is 1. The van der Waals surface area contributed by atoms with Crippen LogP contribution in [0, 0.1) is 13.8 Å². The highest BCUT2D eigenvalue weighted by atomic mass is 16.5. The predicted octanol–water partition coefficient (Wildman–Crippen LogP) is 4.38. The van der Waals surface area contributed by atoms with Gasteiger partial charge < -0.3 is 15.4 Å². The van der Waals surface area contributed by atoms with Crippen molar-refractivity contribution in [1.29, 1.82) is 0 Å². The van der Waals surface area contributed by atoms with Gasteiger partial charge in [0.25, 0.3) is 5.91 Å². The number of aromatic nitrogens is 1. The minimum Gasteiger partial charge on any atom is -0.497 e. The number of amides is 1. The van der Waals surface area contributed by atoms with Crippen molar-refractivity contribution in [1.82, 2.24) is 10.3 Å². The molecule has 3 rings (SSSR count). The Morgan fingerprint density at radius 1 is 1.04 bits per heavy atom. The molecule has 0 atom stereocenters. The van der Waals surface area contributed by atoms with E-state index in [1.807, 2.05) is 43.3 Å². The quantitative estimate of drug-likeness (QED) is 0.684. The number of hydrogen-bond acceptors (Lipinski definition) is 4. The number of nitrogens with zero attached hydrogens (tertiary/aromatic N) is 1. The van der Waals surface area contributed by atoms with Crippen molar-refractivity contribution in [3.05, 3.63) is 83.2 Å². The Kier molecular flexibility index (Phi) is 5.71. The second-order valence-electron chi connectivity index (χ2n) is 6.44. The molecule has 3 aromatic rings. The van der Waals surface area contributed by atoms with Crippen LogP contribution in [0.1, 0.15) is 27.0 Å². The van der Waals surface area contributed by atoms with Gasteiger partial charge in [-0.2, -0.15) is 0 Å². The number of rotatable bonds is 6. The zero-order valence-corrected chi connectivity index (χ0v) is 15.7. The van der Waals surface area contributed by atoms with Crippen molar-refractivity contribution in [3.8, 4) is 5.75 Å². The zero-order chi connectivity index (χ0) is 19.2. The number of hydrogen-bond donors (Lipinski definition) is 2. The fourth-order valence-corrected chi connectivity index (χ4v) is 2.77. The molecule has 0 unspecified atom stereocenters. The monoisotopic (exact) mass is 361 g/mol. The summed E-state index contributed by atoms with van der Waals surface area (Å²) in [6.07, 6.45) is 3.27. The van der Waals surface area contributed by atoms with Gasteiger partial charge in [-0.3, -0.25) is 9.78 Å². The Morgan fingerprint density at radius 3 is 2.52 bits per heavy atom. The summed E-state index contributed by atoms with van der Waals surface area (Å²) in [4.78, 5) is 16.6. The number of carbonyl (C=O) groups excluding carboxylic acids is 1. The lowest BCUT2D eigenvalue weighted by Gasteiger charge is -2.11. The molecule has 27 heavy (non-hydrogen) atoms. The normalized spacial score (nSPS) is 10.3. The summed E-state index contributed by atoms with van der Waals surface area (Å²) in [7, 11) is 1.63. The summed E-state index contributed by atoms with van der Waals surface area (Å²) >= 11 is 0. The maximum atomic E-state index is 12.5. The van der Waals surface area contributed by atoms with Gasteiger partial charge >= 0.3 is 0 Å². The van der Waals surface area contributed by atoms with Crippen molar-refractivity contribution in [2.45, 2.75) is 20.4 Å². The van der Waals surface area contributed by atoms with E-state index >= 15 is 0 Å². The molecule has 0 spiro atoms. The van der Waals surface area contributed by atoms with Gasteiger partial charge in [-0.1, -0.05) is 29.8 Å². The molecule has 0 aliphatic heterocycles. The molecule has 0 fully saturated rings. The van der Waals surface area contributed by atoms with E-state index in [0.29, 0.717) is 12.1 Å². The van der Waals surface area contributed by atoms with E-state index in [1.54, 1.807) is 25.6 Å². The number of ether oxygens (including phenoxy) is 1. The Hall–Kier alpha value is -3.34. The van der Waals surface area contributed by atoms with Gasteiger partial charge in [-0.25, -0.2) is 0 Å². The van der Waals surface area contributed by atoms with Gasteiger partial charge in [-0.05, 0) is 49.2 Å². The zero-order valence-electron chi connectivity index (χ0n) is 15.7. The Bertz CT molecular complexity index is 937. The third-order valence-electron chi connectivity index (χ3n) is 4.27. The minimum atomic E-state index is -0.164. The van der Waals surface area contributed by atoms with E-state index in [1.165, 1.54) is 5.56 Å². The number of anilines is 2. The smallest absolute Gasteiger partial charge is 0.253 e. The van der Waals surface area contributed by atoms with Crippen LogP contribution < -0.4 is 15.4 Å². The first kappa shape index (κ1) is 18.5. The number of benzene rings is 2. The first-order valence-electron chi connectivity index (χ1n) is 8.75. The van der Waals surface area contributed by atoms with Gasteiger partial charge in [0.15, 0.2) is 0 Å². The van der Waals surface area contributed by atoms with Gasteiger partial charge in [0, 0.05) is 18.4 Å². The van der Waals surface area contributed by atoms with Crippen LogP contribution in [0.25, 0.3) is 0 Å². The first-order valence-corrected chi connectivity index (χ1v) is 8.75. The third kappa shape index (κ3) is 4.85. The van der Waals surface area contributed by atoms with E-state index in [2.05, 4.69) is 28.6 Å². The standard InChI is InChI=1S/C22H23N3O2/c1-15-4-9-21(16(2)10-15)25-19-11-18(13-23-14-19)22(26)24-12-17-5-7-20(27-3)8-6-17/h4-11,13-14,25H,12H2,1-3H3,(H,24,26). The summed E-state index contributed by atoms with van der Waals surface area (Å²) in [5.41, 5.74) is 5.64. The number of nitrogens with one attached hydrogen (secondary N) is 2. The maximum Gasteiger partial charge on any atom is 0.253 e. The molecule has 5 heteroatoms. The molecule has 2 aromatic carbocycles. The van der Waals surface area contributed by atoms with Crippen LogP contribution >= 0.6 is 0 Å².